The van der Waals surface area contributed by atoms with Gasteiger partial charge in [-0.1, -0.05) is 6.92 Å². The van der Waals surface area contributed by atoms with Gasteiger partial charge in [0, 0.05) is 12.1 Å². The molecule has 0 aromatic rings. The molecule has 0 aromatic carbocycles. The number of nitrogens with one attached hydrogen (secondary N) is 1. The lowest BCUT2D eigenvalue weighted by molar-refractivity contribution is 0.184. The van der Waals surface area contributed by atoms with E-state index in [1.54, 1.807) is 0 Å². The first-order chi connectivity index (χ1) is 8.13. The summed E-state index contributed by atoms with van der Waals surface area (Å²) in [5.74, 6) is 3.43. The van der Waals surface area contributed by atoms with Crippen LogP contribution in [0.15, 0.2) is 0 Å². The molecule has 2 nitrogen and oxygen atoms in total. The van der Waals surface area contributed by atoms with Crippen LogP contribution in [0.1, 0.15) is 40.0 Å². The molecule has 102 valence electrons. The van der Waals surface area contributed by atoms with Crippen molar-refractivity contribution >= 4 is 11.8 Å². The van der Waals surface area contributed by atoms with E-state index in [1.165, 1.54) is 43.9 Å². The highest BCUT2D eigenvalue weighted by molar-refractivity contribution is 7.99. The van der Waals surface area contributed by atoms with E-state index >= 15 is 0 Å². The van der Waals surface area contributed by atoms with Crippen LogP contribution in [-0.4, -0.2) is 48.6 Å². The normalized spacial score (nSPS) is 22.6. The molecule has 1 fully saturated rings. The summed E-state index contributed by atoms with van der Waals surface area (Å²) in [4.78, 5) is 2.45. The van der Waals surface area contributed by atoms with Crippen LogP contribution < -0.4 is 5.32 Å². The molecule has 0 bridgehead atoms. The van der Waals surface area contributed by atoms with Gasteiger partial charge in [-0.15, -0.1) is 0 Å². The van der Waals surface area contributed by atoms with E-state index < -0.39 is 0 Å². The summed E-state index contributed by atoms with van der Waals surface area (Å²) >= 11 is 2.05. The molecule has 0 aliphatic carbocycles. The monoisotopic (exact) mass is 258 g/mol. The van der Waals surface area contributed by atoms with Crippen LogP contribution in [-0.2, 0) is 0 Å². The molecule has 0 spiro atoms. The Labute approximate surface area is 112 Å². The Balaban J connectivity index is 2.16. The average Bonchev–Trinajstić information content (AvgIpc) is 2.30. The van der Waals surface area contributed by atoms with Crippen LogP contribution >= 0.6 is 11.8 Å². The first-order valence-electron chi connectivity index (χ1n) is 7.15. The van der Waals surface area contributed by atoms with Crippen molar-refractivity contribution in [2.24, 2.45) is 5.92 Å². The lowest BCUT2D eigenvalue weighted by atomic mass is 9.90. The second kappa shape index (κ2) is 8.39. The Kier molecular flexibility index (Phi) is 7.56. The molecule has 3 heteroatoms. The van der Waals surface area contributed by atoms with E-state index in [0.717, 1.165) is 5.92 Å². The van der Waals surface area contributed by atoms with Crippen LogP contribution in [0.25, 0.3) is 0 Å². The summed E-state index contributed by atoms with van der Waals surface area (Å²) in [6.07, 6.45) is 4.03. The molecule has 2 unspecified atom stereocenters. The van der Waals surface area contributed by atoms with Crippen molar-refractivity contribution in [3.8, 4) is 0 Å². The number of hydrogen-bond donors (Lipinski definition) is 1. The van der Waals surface area contributed by atoms with Crippen LogP contribution in [0.5, 0.6) is 0 Å². The lowest BCUT2D eigenvalue weighted by Gasteiger charge is -2.34. The molecule has 1 N–H and O–H groups in total. The predicted molar refractivity (Wildman–Crippen MR) is 79.9 cm³/mol. The number of piperidine rings is 1. The number of thioether (sulfide) groups is 1. The zero-order valence-electron chi connectivity index (χ0n) is 12.0. The molecule has 0 aromatic heterocycles. The lowest BCUT2D eigenvalue weighted by Crippen LogP contribution is -2.44. The maximum Gasteiger partial charge on any atom is 0.00704 e. The molecule has 1 aliphatic rings. The van der Waals surface area contributed by atoms with E-state index in [0.29, 0.717) is 12.1 Å². The van der Waals surface area contributed by atoms with Crippen molar-refractivity contribution in [3.05, 3.63) is 0 Å². The van der Waals surface area contributed by atoms with Gasteiger partial charge in [0.1, 0.15) is 0 Å². The van der Waals surface area contributed by atoms with Crippen LogP contribution in [0.2, 0.25) is 0 Å². The Hall–Kier alpha value is 0.270. The minimum absolute atomic E-state index is 0.670. The third-order valence-corrected chi connectivity index (χ3v) is 4.85. The summed E-state index contributed by atoms with van der Waals surface area (Å²) in [6.45, 7) is 9.50. The van der Waals surface area contributed by atoms with E-state index in [4.69, 9.17) is 0 Å². The average molecular weight is 258 g/mol. The molecule has 0 saturated carbocycles. The molecule has 1 heterocycles. The quantitative estimate of drug-likeness (QED) is 0.707. The minimum Gasteiger partial charge on any atom is -0.311 e. The van der Waals surface area contributed by atoms with Crippen molar-refractivity contribution in [2.75, 3.05) is 31.6 Å². The second-order valence-corrected chi connectivity index (χ2v) is 6.88. The highest BCUT2D eigenvalue weighted by Gasteiger charge is 2.22. The maximum atomic E-state index is 3.79. The summed E-state index contributed by atoms with van der Waals surface area (Å²) in [7, 11) is 2.24. The van der Waals surface area contributed by atoms with Gasteiger partial charge in [-0.25, -0.2) is 0 Å². The number of nitrogens with zero attached hydrogens (tertiary/aromatic N) is 1. The van der Waals surface area contributed by atoms with Gasteiger partial charge in [-0.05, 0) is 70.7 Å². The van der Waals surface area contributed by atoms with Crippen molar-refractivity contribution in [3.63, 3.8) is 0 Å². The fraction of sp³-hybridized carbons (Fsp3) is 1.00. The molecule has 0 amide bonds. The summed E-state index contributed by atoms with van der Waals surface area (Å²) in [5.41, 5.74) is 0. The molecule has 1 aliphatic heterocycles. The summed E-state index contributed by atoms with van der Waals surface area (Å²) < 4.78 is 0. The van der Waals surface area contributed by atoms with E-state index in [1.807, 2.05) is 0 Å². The van der Waals surface area contributed by atoms with Gasteiger partial charge >= 0.3 is 0 Å². The largest absolute Gasteiger partial charge is 0.311 e. The summed E-state index contributed by atoms with van der Waals surface area (Å²) in [5, 5.41) is 3.79. The van der Waals surface area contributed by atoms with Crippen molar-refractivity contribution in [1.82, 2.24) is 10.2 Å². The number of likely N-dealkylation sites (tertiary alicyclic amines) is 1. The first-order valence-corrected chi connectivity index (χ1v) is 8.31. The van der Waals surface area contributed by atoms with E-state index in [2.05, 4.69) is 49.8 Å². The van der Waals surface area contributed by atoms with E-state index in [9.17, 15) is 0 Å². The third kappa shape index (κ3) is 6.12. The van der Waals surface area contributed by atoms with Gasteiger partial charge in [-0.2, -0.15) is 11.8 Å². The fourth-order valence-electron chi connectivity index (χ4n) is 2.60. The van der Waals surface area contributed by atoms with Gasteiger partial charge in [0.2, 0.25) is 0 Å². The topological polar surface area (TPSA) is 15.3 Å². The van der Waals surface area contributed by atoms with Gasteiger partial charge in [-0.3, -0.25) is 0 Å². The van der Waals surface area contributed by atoms with Crippen LogP contribution in [0, 0.1) is 5.92 Å². The fourth-order valence-corrected chi connectivity index (χ4v) is 3.41. The van der Waals surface area contributed by atoms with Gasteiger partial charge in [0.05, 0.1) is 0 Å². The standard InChI is InChI=1S/C14H30N2S/c1-5-17-11-8-12(2)15-13(3)14-6-9-16(4)10-7-14/h12-15H,5-11H2,1-4H3. The van der Waals surface area contributed by atoms with Gasteiger partial charge in [0.25, 0.3) is 0 Å². The SMILES string of the molecule is CCSCCC(C)NC(C)C1CCN(C)CC1. The van der Waals surface area contributed by atoms with Gasteiger partial charge in [0.15, 0.2) is 0 Å². The smallest absolute Gasteiger partial charge is 0.00704 e. The first kappa shape index (κ1) is 15.3. The highest BCUT2D eigenvalue weighted by atomic mass is 32.2. The van der Waals surface area contributed by atoms with Gasteiger partial charge < -0.3 is 10.2 Å². The molecule has 1 saturated heterocycles. The zero-order chi connectivity index (χ0) is 12.7. The number of hydrogen-bond acceptors (Lipinski definition) is 3. The van der Waals surface area contributed by atoms with Crippen LogP contribution in [0.4, 0.5) is 0 Å². The Bertz CT molecular complexity index is 191. The minimum atomic E-state index is 0.670. The Morgan fingerprint density at radius 2 is 1.94 bits per heavy atom. The third-order valence-electron chi connectivity index (χ3n) is 3.92. The molecule has 2 atom stereocenters. The molecule has 0 radical (unpaired) electrons. The van der Waals surface area contributed by atoms with Crippen molar-refractivity contribution < 1.29 is 0 Å². The highest BCUT2D eigenvalue weighted by Crippen LogP contribution is 2.20. The maximum absolute atomic E-state index is 3.79. The van der Waals surface area contributed by atoms with Crippen LogP contribution in [0.3, 0.4) is 0 Å². The Morgan fingerprint density at radius 3 is 2.53 bits per heavy atom. The zero-order valence-corrected chi connectivity index (χ0v) is 12.9. The molecular weight excluding hydrogens is 228 g/mol. The molecule has 17 heavy (non-hydrogen) atoms. The van der Waals surface area contributed by atoms with Crippen molar-refractivity contribution in [1.29, 1.82) is 0 Å². The second-order valence-electron chi connectivity index (χ2n) is 5.48. The predicted octanol–water partition coefficient (Wildman–Crippen LogP) is 2.84. The molecular formula is C14H30N2S. The molecule has 1 rings (SSSR count). The van der Waals surface area contributed by atoms with Crippen molar-refractivity contribution in [2.45, 2.75) is 52.1 Å². The summed E-state index contributed by atoms with van der Waals surface area (Å²) in [6, 6.07) is 1.36. The van der Waals surface area contributed by atoms with E-state index in [-0.39, 0.29) is 0 Å². The Morgan fingerprint density at radius 1 is 1.29 bits per heavy atom. The number of rotatable bonds is 7.